The van der Waals surface area contributed by atoms with E-state index < -0.39 is 5.97 Å². The Morgan fingerprint density at radius 1 is 1.00 bits per heavy atom. The molecule has 0 saturated heterocycles. The normalized spacial score (nSPS) is 14.4. The molecule has 0 heterocycles. The van der Waals surface area contributed by atoms with Gasteiger partial charge in [0.1, 0.15) is 0 Å². The summed E-state index contributed by atoms with van der Waals surface area (Å²) in [5.41, 5.74) is 5.73. The highest BCUT2D eigenvalue weighted by atomic mass is 16.9. The monoisotopic (exact) mass is 205 g/mol. The molecule has 4 heteroatoms. The van der Waals surface area contributed by atoms with Gasteiger partial charge in [-0.3, -0.25) is 0 Å². The van der Waals surface area contributed by atoms with Gasteiger partial charge in [0.05, 0.1) is 0 Å². The summed E-state index contributed by atoms with van der Waals surface area (Å²) in [6.45, 7) is 9.29. The lowest BCUT2D eigenvalue weighted by molar-refractivity contribution is -0.380. The third kappa shape index (κ3) is 4.91. The van der Waals surface area contributed by atoms with Crippen molar-refractivity contribution in [3.63, 3.8) is 0 Å². The third-order valence-corrected chi connectivity index (χ3v) is 1.66. The van der Waals surface area contributed by atoms with Crippen LogP contribution in [0.5, 0.6) is 0 Å². The highest BCUT2D eigenvalue weighted by Crippen LogP contribution is 2.21. The van der Waals surface area contributed by atoms with Gasteiger partial charge >= 0.3 is 0 Å². The predicted molar refractivity (Wildman–Crippen MR) is 55.9 cm³/mol. The molecule has 0 aliphatic heterocycles. The summed E-state index contributed by atoms with van der Waals surface area (Å²) in [7, 11) is 0. The number of nitrogens with two attached hydrogens (primary N) is 1. The average Bonchev–Trinajstić information content (AvgIpc) is 2.03. The SMILES string of the molecule is CCOC(CC(C)N)(OCC)OCC. The molecule has 0 spiro atoms. The van der Waals surface area contributed by atoms with E-state index in [9.17, 15) is 0 Å². The van der Waals surface area contributed by atoms with E-state index in [-0.39, 0.29) is 6.04 Å². The minimum atomic E-state index is -0.952. The summed E-state index contributed by atoms with van der Waals surface area (Å²) in [6, 6.07) is -0.0142. The quantitative estimate of drug-likeness (QED) is 0.610. The second-order valence-electron chi connectivity index (χ2n) is 3.16. The highest BCUT2D eigenvalue weighted by Gasteiger charge is 2.33. The molecule has 0 aromatic rings. The van der Waals surface area contributed by atoms with Gasteiger partial charge in [0.15, 0.2) is 0 Å². The minimum absolute atomic E-state index is 0.0142. The van der Waals surface area contributed by atoms with E-state index in [1.165, 1.54) is 0 Å². The first-order chi connectivity index (χ1) is 6.60. The molecule has 1 unspecified atom stereocenters. The average molecular weight is 205 g/mol. The van der Waals surface area contributed by atoms with E-state index in [1.54, 1.807) is 0 Å². The zero-order valence-corrected chi connectivity index (χ0v) is 9.71. The first-order valence-corrected chi connectivity index (χ1v) is 5.27. The Morgan fingerprint density at radius 3 is 1.57 bits per heavy atom. The van der Waals surface area contributed by atoms with Crippen molar-refractivity contribution < 1.29 is 14.2 Å². The van der Waals surface area contributed by atoms with Crippen LogP contribution in [0.25, 0.3) is 0 Å². The van der Waals surface area contributed by atoms with Crippen molar-refractivity contribution in [2.45, 2.75) is 46.1 Å². The molecule has 86 valence electrons. The Morgan fingerprint density at radius 2 is 1.36 bits per heavy atom. The molecule has 0 aliphatic carbocycles. The summed E-state index contributed by atoms with van der Waals surface area (Å²) < 4.78 is 16.5. The second kappa shape index (κ2) is 7.17. The lowest BCUT2D eigenvalue weighted by Gasteiger charge is -2.33. The first kappa shape index (κ1) is 13.8. The van der Waals surface area contributed by atoms with Crippen LogP contribution >= 0.6 is 0 Å². The molecular formula is C10H23NO3. The molecule has 0 aliphatic rings. The summed E-state index contributed by atoms with van der Waals surface area (Å²) in [4.78, 5) is 0. The van der Waals surface area contributed by atoms with Crippen LogP contribution in [0.4, 0.5) is 0 Å². The topological polar surface area (TPSA) is 53.7 Å². The lowest BCUT2D eigenvalue weighted by atomic mass is 10.2. The zero-order valence-electron chi connectivity index (χ0n) is 9.71. The first-order valence-electron chi connectivity index (χ1n) is 5.27. The van der Waals surface area contributed by atoms with Gasteiger partial charge in [0, 0.05) is 32.3 Å². The van der Waals surface area contributed by atoms with Gasteiger partial charge in [-0.25, -0.2) is 0 Å². The molecule has 2 N–H and O–H groups in total. The Labute approximate surface area is 86.7 Å². The van der Waals surface area contributed by atoms with Crippen molar-refractivity contribution in [2.24, 2.45) is 5.73 Å². The molecule has 1 atom stereocenters. The largest absolute Gasteiger partial charge is 0.328 e. The number of hydrogen-bond acceptors (Lipinski definition) is 4. The van der Waals surface area contributed by atoms with Crippen molar-refractivity contribution in [3.05, 3.63) is 0 Å². The van der Waals surface area contributed by atoms with Gasteiger partial charge < -0.3 is 19.9 Å². The van der Waals surface area contributed by atoms with Gasteiger partial charge in [-0.2, -0.15) is 0 Å². The fourth-order valence-corrected chi connectivity index (χ4v) is 1.36. The fourth-order valence-electron chi connectivity index (χ4n) is 1.36. The molecule has 0 saturated carbocycles. The van der Waals surface area contributed by atoms with Crippen LogP contribution in [0.1, 0.15) is 34.1 Å². The molecule has 0 amide bonds. The summed E-state index contributed by atoms with van der Waals surface area (Å²) >= 11 is 0. The van der Waals surface area contributed by atoms with Crippen LogP contribution in [0, 0.1) is 0 Å². The van der Waals surface area contributed by atoms with E-state index in [0.717, 1.165) is 0 Å². The molecule has 14 heavy (non-hydrogen) atoms. The Bertz CT molecular complexity index is 122. The zero-order chi connectivity index (χ0) is 11.0. The Balaban J connectivity index is 4.37. The van der Waals surface area contributed by atoms with Crippen molar-refractivity contribution >= 4 is 0 Å². The number of hydrogen-bond donors (Lipinski definition) is 1. The van der Waals surface area contributed by atoms with E-state index in [1.807, 2.05) is 27.7 Å². The molecule has 0 bridgehead atoms. The highest BCUT2D eigenvalue weighted by molar-refractivity contribution is 4.65. The van der Waals surface area contributed by atoms with Crippen LogP contribution in [0.15, 0.2) is 0 Å². The maximum absolute atomic E-state index is 5.73. The number of ether oxygens (including phenoxy) is 3. The summed E-state index contributed by atoms with van der Waals surface area (Å²) in [5.74, 6) is -0.952. The predicted octanol–water partition coefficient (Wildman–Crippen LogP) is 1.49. The van der Waals surface area contributed by atoms with E-state index in [4.69, 9.17) is 19.9 Å². The fraction of sp³-hybridized carbons (Fsp3) is 1.00. The molecule has 0 rings (SSSR count). The van der Waals surface area contributed by atoms with Crippen LogP contribution in [0.2, 0.25) is 0 Å². The Hall–Kier alpha value is -0.160. The van der Waals surface area contributed by atoms with Crippen LogP contribution < -0.4 is 5.73 Å². The van der Waals surface area contributed by atoms with Crippen molar-refractivity contribution in [2.75, 3.05) is 19.8 Å². The van der Waals surface area contributed by atoms with Gasteiger partial charge in [0.25, 0.3) is 5.97 Å². The maximum atomic E-state index is 5.73. The molecule has 0 aromatic carbocycles. The minimum Gasteiger partial charge on any atom is -0.328 e. The van der Waals surface area contributed by atoms with E-state index >= 15 is 0 Å². The number of rotatable bonds is 8. The molecule has 0 radical (unpaired) electrons. The van der Waals surface area contributed by atoms with Crippen molar-refractivity contribution in [3.8, 4) is 0 Å². The lowest BCUT2D eigenvalue weighted by Crippen LogP contribution is -2.43. The van der Waals surface area contributed by atoms with Crippen LogP contribution in [-0.2, 0) is 14.2 Å². The summed E-state index contributed by atoms with van der Waals surface area (Å²) in [6.07, 6.45) is 0.544. The van der Waals surface area contributed by atoms with Crippen molar-refractivity contribution in [1.29, 1.82) is 0 Å². The smallest absolute Gasteiger partial charge is 0.284 e. The molecule has 0 fully saturated rings. The molecular weight excluding hydrogens is 182 g/mol. The van der Waals surface area contributed by atoms with E-state index in [2.05, 4.69) is 0 Å². The maximum Gasteiger partial charge on any atom is 0.284 e. The van der Waals surface area contributed by atoms with Gasteiger partial charge in [-0.05, 0) is 27.7 Å². The molecule has 4 nitrogen and oxygen atoms in total. The van der Waals surface area contributed by atoms with E-state index in [0.29, 0.717) is 26.2 Å². The van der Waals surface area contributed by atoms with Gasteiger partial charge in [-0.1, -0.05) is 0 Å². The van der Waals surface area contributed by atoms with Gasteiger partial charge in [-0.15, -0.1) is 0 Å². The third-order valence-electron chi connectivity index (χ3n) is 1.66. The van der Waals surface area contributed by atoms with Crippen LogP contribution in [0.3, 0.4) is 0 Å². The standard InChI is InChI=1S/C10H23NO3/c1-5-12-10(13-6-2,14-7-3)8-9(4)11/h9H,5-8,11H2,1-4H3. The van der Waals surface area contributed by atoms with Crippen LogP contribution in [-0.4, -0.2) is 31.8 Å². The molecule has 0 aromatic heterocycles. The van der Waals surface area contributed by atoms with Crippen molar-refractivity contribution in [1.82, 2.24) is 0 Å². The summed E-state index contributed by atoms with van der Waals surface area (Å²) in [5, 5.41) is 0. The Kier molecular flexibility index (Phi) is 7.09. The van der Waals surface area contributed by atoms with Gasteiger partial charge in [0.2, 0.25) is 0 Å². The second-order valence-corrected chi connectivity index (χ2v) is 3.16.